The van der Waals surface area contributed by atoms with Gasteiger partial charge in [-0.05, 0) is 45.1 Å². The highest BCUT2D eigenvalue weighted by Gasteiger charge is 2.26. The molecule has 0 aliphatic rings. The highest BCUT2D eigenvalue weighted by Crippen LogP contribution is 2.14. The number of rotatable bonds is 7. The zero-order valence-corrected chi connectivity index (χ0v) is 14.3. The van der Waals surface area contributed by atoms with Gasteiger partial charge in [0.05, 0.1) is 43.5 Å². The predicted octanol–water partition coefficient (Wildman–Crippen LogP) is -4.57. The molecule has 0 spiro atoms. The van der Waals surface area contributed by atoms with E-state index in [0.717, 1.165) is 0 Å². The fourth-order valence-electron chi connectivity index (χ4n) is 0.737. The zero-order chi connectivity index (χ0) is 20.6. The van der Waals surface area contributed by atoms with Crippen molar-refractivity contribution in [2.75, 3.05) is 13.2 Å². The summed E-state index contributed by atoms with van der Waals surface area (Å²) < 4.78 is 0. The summed E-state index contributed by atoms with van der Waals surface area (Å²) in [5.41, 5.74) is -2.08. The van der Waals surface area contributed by atoms with E-state index < -0.39 is 35.9 Å². The van der Waals surface area contributed by atoms with Crippen LogP contribution in [-0.2, 0) is 9.59 Å². The van der Waals surface area contributed by atoms with Gasteiger partial charge in [-0.15, -0.1) is 0 Å². The van der Waals surface area contributed by atoms with E-state index in [9.17, 15) is 24.9 Å². The van der Waals surface area contributed by atoms with Crippen molar-refractivity contribution >= 4 is 11.9 Å². The lowest BCUT2D eigenvalue weighted by Gasteiger charge is -2.24. The lowest BCUT2D eigenvalue weighted by Crippen LogP contribution is -2.37. The lowest BCUT2D eigenvalue weighted by atomic mass is 9.96. The Labute approximate surface area is 145 Å². The molecule has 0 saturated carbocycles. The van der Waals surface area contributed by atoms with Crippen LogP contribution < -0.4 is 10.2 Å². The molecule has 0 saturated heterocycles. The van der Waals surface area contributed by atoms with Gasteiger partial charge in [-0.2, -0.15) is 0 Å². The highest BCUT2D eigenvalue weighted by molar-refractivity contribution is 5.79. The van der Waals surface area contributed by atoms with E-state index in [-0.39, 0.29) is 13.2 Å². The van der Waals surface area contributed by atoms with Gasteiger partial charge in [0.2, 0.25) is 0 Å². The third-order valence-electron chi connectivity index (χ3n) is 2.17. The second kappa shape index (κ2) is 15.7. The molecule has 0 fully saturated rings. The van der Waals surface area contributed by atoms with E-state index in [0.29, 0.717) is 24.3 Å². The SMILES string of the molecule is CC(O)C(O)(/C=C/C(=O)[O-])/C=C/C(=O)[O-].CC(O)CO.CC(O)CO. The molecule has 0 amide bonds. The molecule has 6 N–H and O–H groups in total. The number of carboxylic acids is 2. The van der Waals surface area contributed by atoms with Crippen LogP contribution in [0.5, 0.6) is 0 Å². The summed E-state index contributed by atoms with van der Waals surface area (Å²) in [6.45, 7) is 3.94. The monoisotopic (exact) mass is 366 g/mol. The Morgan fingerprint density at radius 2 is 1.12 bits per heavy atom. The average molecular weight is 366 g/mol. The smallest absolute Gasteiger partial charge is 0.127 e. The normalized spacial score (nSPS) is 14.8. The number of aliphatic hydroxyl groups is 6. The molecule has 0 aromatic heterocycles. The standard InChI is InChI=1S/C9H12O6.2C3H8O2/c1-6(10)9(15,4-2-7(11)12)5-3-8(13)14;2*1-3(5)2-4/h2-6,10,15H,1H3,(H,11,12)(H,13,14);2*3-5H,2H2,1H3/p-2/b4-2+,5-3+;;. The third kappa shape index (κ3) is 22.2. The van der Waals surface area contributed by atoms with Gasteiger partial charge in [-0.25, -0.2) is 0 Å². The van der Waals surface area contributed by atoms with Crippen molar-refractivity contribution in [3.8, 4) is 0 Å². The molecule has 0 rings (SSSR count). The Morgan fingerprint density at radius 1 is 0.880 bits per heavy atom. The molecule has 0 aromatic rings. The topological polar surface area (TPSA) is 202 Å². The minimum atomic E-state index is -2.08. The molecule has 10 nitrogen and oxygen atoms in total. The molecular formula is C15H26O10-2. The number of aliphatic carboxylic acids is 2. The van der Waals surface area contributed by atoms with Crippen LogP contribution in [0.25, 0.3) is 0 Å². The lowest BCUT2D eigenvalue weighted by molar-refractivity contribution is -0.298. The summed E-state index contributed by atoms with van der Waals surface area (Å²) in [6, 6.07) is 0. The van der Waals surface area contributed by atoms with Gasteiger partial charge in [0.25, 0.3) is 0 Å². The van der Waals surface area contributed by atoms with Crippen molar-refractivity contribution in [1.82, 2.24) is 0 Å². The Bertz CT molecular complexity index is 381. The molecule has 3 atom stereocenters. The van der Waals surface area contributed by atoms with E-state index in [2.05, 4.69) is 0 Å². The molecule has 0 bridgehead atoms. The van der Waals surface area contributed by atoms with Gasteiger partial charge < -0.3 is 50.4 Å². The molecule has 0 radical (unpaired) electrons. The molecular weight excluding hydrogens is 340 g/mol. The van der Waals surface area contributed by atoms with Gasteiger partial charge in [0.15, 0.2) is 0 Å². The minimum Gasteiger partial charge on any atom is -0.545 e. The van der Waals surface area contributed by atoms with Crippen LogP contribution in [-0.4, -0.2) is 79.7 Å². The van der Waals surface area contributed by atoms with Crippen molar-refractivity contribution in [3.05, 3.63) is 24.3 Å². The summed E-state index contributed by atoms with van der Waals surface area (Å²) in [6.07, 6.45) is -0.0916. The number of aliphatic hydroxyl groups excluding tert-OH is 5. The molecule has 0 aliphatic heterocycles. The minimum absolute atomic E-state index is 0.139. The van der Waals surface area contributed by atoms with Gasteiger partial charge in [-0.1, -0.05) is 0 Å². The van der Waals surface area contributed by atoms with Crippen LogP contribution in [0.15, 0.2) is 24.3 Å². The summed E-state index contributed by atoms with van der Waals surface area (Å²) in [5.74, 6) is -3.15. The van der Waals surface area contributed by atoms with Gasteiger partial charge in [0, 0.05) is 0 Å². The number of hydrogen-bond donors (Lipinski definition) is 6. The summed E-state index contributed by atoms with van der Waals surface area (Å²) >= 11 is 0. The van der Waals surface area contributed by atoms with Crippen LogP contribution in [0.1, 0.15) is 20.8 Å². The van der Waals surface area contributed by atoms with Crippen molar-refractivity contribution in [2.24, 2.45) is 0 Å². The van der Waals surface area contributed by atoms with E-state index >= 15 is 0 Å². The third-order valence-corrected chi connectivity index (χ3v) is 2.17. The fraction of sp³-hybridized carbons (Fsp3) is 0.600. The first-order chi connectivity index (χ1) is 11.3. The molecule has 0 aromatic carbocycles. The molecule has 148 valence electrons. The van der Waals surface area contributed by atoms with Crippen LogP contribution in [0.3, 0.4) is 0 Å². The molecule has 0 aliphatic carbocycles. The van der Waals surface area contributed by atoms with Crippen molar-refractivity contribution in [3.63, 3.8) is 0 Å². The second-order valence-corrected chi connectivity index (χ2v) is 4.93. The number of hydrogen-bond acceptors (Lipinski definition) is 10. The fourth-order valence-corrected chi connectivity index (χ4v) is 0.737. The van der Waals surface area contributed by atoms with Crippen LogP contribution in [0.2, 0.25) is 0 Å². The number of carboxylic acid groups (broad SMARTS) is 2. The first kappa shape index (κ1) is 28.0. The maximum atomic E-state index is 10.1. The first-order valence-electron chi connectivity index (χ1n) is 7.11. The predicted molar refractivity (Wildman–Crippen MR) is 82.5 cm³/mol. The van der Waals surface area contributed by atoms with Crippen LogP contribution >= 0.6 is 0 Å². The molecule has 3 unspecified atom stereocenters. The average Bonchev–Trinajstić information content (AvgIpc) is 2.51. The number of carbonyl (C=O) groups is 2. The van der Waals surface area contributed by atoms with Crippen LogP contribution in [0, 0.1) is 0 Å². The van der Waals surface area contributed by atoms with Gasteiger partial charge >= 0.3 is 0 Å². The first-order valence-corrected chi connectivity index (χ1v) is 7.11. The molecule has 10 heteroatoms. The maximum absolute atomic E-state index is 10.1. The number of carbonyl (C=O) groups excluding carboxylic acids is 2. The van der Waals surface area contributed by atoms with Crippen molar-refractivity contribution in [1.29, 1.82) is 0 Å². The highest BCUT2D eigenvalue weighted by atomic mass is 16.4. The summed E-state index contributed by atoms with van der Waals surface area (Å²) in [4.78, 5) is 20.1. The van der Waals surface area contributed by atoms with Crippen molar-refractivity contribution < 1.29 is 50.4 Å². The van der Waals surface area contributed by atoms with E-state index in [1.807, 2.05) is 0 Å². The Kier molecular flexibility index (Phi) is 17.6. The quantitative estimate of drug-likeness (QED) is 0.238. The van der Waals surface area contributed by atoms with E-state index in [1.54, 1.807) is 0 Å². The molecule has 0 heterocycles. The Hall–Kier alpha value is -1.82. The summed E-state index contributed by atoms with van der Waals surface area (Å²) in [7, 11) is 0. The maximum Gasteiger partial charge on any atom is 0.127 e. The van der Waals surface area contributed by atoms with Gasteiger partial charge in [0.1, 0.15) is 5.60 Å². The van der Waals surface area contributed by atoms with Crippen LogP contribution in [0.4, 0.5) is 0 Å². The second-order valence-electron chi connectivity index (χ2n) is 4.93. The van der Waals surface area contributed by atoms with E-state index in [1.165, 1.54) is 20.8 Å². The summed E-state index contributed by atoms with van der Waals surface area (Å²) in [5, 5.41) is 70.8. The van der Waals surface area contributed by atoms with E-state index in [4.69, 9.17) is 25.5 Å². The Balaban J connectivity index is -0.000000396. The van der Waals surface area contributed by atoms with Crippen molar-refractivity contribution in [2.45, 2.75) is 44.7 Å². The van der Waals surface area contributed by atoms with Gasteiger partial charge in [-0.3, -0.25) is 0 Å². The largest absolute Gasteiger partial charge is 0.545 e. The zero-order valence-electron chi connectivity index (χ0n) is 14.3. The Morgan fingerprint density at radius 3 is 1.24 bits per heavy atom. The molecule has 25 heavy (non-hydrogen) atoms.